The Labute approximate surface area is 136 Å². The Morgan fingerprint density at radius 3 is 2.75 bits per heavy atom. The Hall–Kier alpha value is -3.22. The molecule has 4 rings (SSSR count). The monoisotopic (exact) mass is 323 g/mol. The van der Waals surface area contributed by atoms with Gasteiger partial charge in [-0.3, -0.25) is 14.6 Å². The Balaban J connectivity index is 1.69. The van der Waals surface area contributed by atoms with Crippen LogP contribution in [0.2, 0.25) is 0 Å². The molecule has 0 spiro atoms. The second-order valence-corrected chi connectivity index (χ2v) is 5.65. The van der Waals surface area contributed by atoms with Crippen LogP contribution in [-0.2, 0) is 9.59 Å². The molecule has 1 aliphatic heterocycles. The topological polar surface area (TPSA) is 96.5 Å². The quantitative estimate of drug-likeness (QED) is 0.794. The Morgan fingerprint density at radius 2 is 2.04 bits per heavy atom. The number of rotatable bonds is 3. The molecule has 3 heterocycles. The predicted octanol–water partition coefficient (Wildman–Crippen LogP) is 2.33. The number of hydrogen-bond donors (Lipinski definition) is 1. The fourth-order valence-corrected chi connectivity index (χ4v) is 2.82. The first-order chi connectivity index (χ1) is 11.6. The van der Waals surface area contributed by atoms with Crippen LogP contribution in [0, 0.1) is 5.92 Å². The van der Waals surface area contributed by atoms with Crippen LogP contribution in [0.4, 0.5) is 5.69 Å². The molecule has 1 atom stereocenters. The number of benzene rings is 1. The summed E-state index contributed by atoms with van der Waals surface area (Å²) in [6.45, 7) is 0.172. The predicted molar refractivity (Wildman–Crippen MR) is 85.3 cm³/mol. The van der Waals surface area contributed by atoms with Gasteiger partial charge in [-0.05, 0) is 24.3 Å². The third-order valence-electron chi connectivity index (χ3n) is 4.09. The SMILES string of the molecule is O=C(O)C1CC(=O)N(c2ccc3nc(-c4ccncc4)oc3c2)C1. The van der Waals surface area contributed by atoms with Crippen LogP contribution in [0.25, 0.3) is 22.6 Å². The van der Waals surface area contributed by atoms with Gasteiger partial charge in [-0.2, -0.15) is 0 Å². The van der Waals surface area contributed by atoms with E-state index < -0.39 is 11.9 Å². The van der Waals surface area contributed by atoms with Gasteiger partial charge in [0.15, 0.2) is 5.58 Å². The summed E-state index contributed by atoms with van der Waals surface area (Å²) in [6.07, 6.45) is 3.33. The van der Waals surface area contributed by atoms with E-state index in [0.717, 1.165) is 5.56 Å². The van der Waals surface area contributed by atoms with Crippen molar-refractivity contribution in [2.75, 3.05) is 11.4 Å². The lowest BCUT2D eigenvalue weighted by Gasteiger charge is -2.15. The average molecular weight is 323 g/mol. The Kier molecular flexibility index (Phi) is 3.26. The van der Waals surface area contributed by atoms with Crippen molar-refractivity contribution in [2.24, 2.45) is 5.92 Å². The van der Waals surface area contributed by atoms with Crippen molar-refractivity contribution in [3.8, 4) is 11.5 Å². The summed E-state index contributed by atoms with van der Waals surface area (Å²) in [7, 11) is 0. The van der Waals surface area contributed by atoms with Crippen LogP contribution >= 0.6 is 0 Å². The summed E-state index contributed by atoms with van der Waals surface area (Å²) in [6, 6.07) is 8.83. The van der Waals surface area contributed by atoms with Gasteiger partial charge in [0, 0.05) is 42.7 Å². The number of carbonyl (C=O) groups is 2. The smallest absolute Gasteiger partial charge is 0.308 e. The van der Waals surface area contributed by atoms with Crippen molar-refractivity contribution in [3.05, 3.63) is 42.7 Å². The van der Waals surface area contributed by atoms with Crippen LogP contribution in [0.15, 0.2) is 47.1 Å². The van der Waals surface area contributed by atoms with Crippen LogP contribution in [0.1, 0.15) is 6.42 Å². The zero-order chi connectivity index (χ0) is 16.7. The molecular weight excluding hydrogens is 310 g/mol. The normalized spacial score (nSPS) is 17.6. The summed E-state index contributed by atoms with van der Waals surface area (Å²) < 4.78 is 5.77. The third kappa shape index (κ3) is 2.40. The molecule has 1 aliphatic rings. The van der Waals surface area contributed by atoms with Gasteiger partial charge in [-0.25, -0.2) is 4.98 Å². The molecule has 1 saturated heterocycles. The fourth-order valence-electron chi connectivity index (χ4n) is 2.82. The van der Waals surface area contributed by atoms with Crippen molar-refractivity contribution < 1.29 is 19.1 Å². The second kappa shape index (κ2) is 5.45. The Morgan fingerprint density at radius 1 is 1.25 bits per heavy atom. The van der Waals surface area contributed by atoms with E-state index >= 15 is 0 Å². The van der Waals surface area contributed by atoms with Gasteiger partial charge in [-0.1, -0.05) is 0 Å². The number of hydrogen-bond acceptors (Lipinski definition) is 5. The van der Waals surface area contributed by atoms with Crippen molar-refractivity contribution in [1.29, 1.82) is 0 Å². The molecule has 1 aromatic carbocycles. The van der Waals surface area contributed by atoms with E-state index in [1.54, 1.807) is 42.7 Å². The first-order valence-corrected chi connectivity index (χ1v) is 7.46. The maximum atomic E-state index is 12.1. The molecule has 0 saturated carbocycles. The number of pyridine rings is 1. The van der Waals surface area contributed by atoms with Gasteiger partial charge >= 0.3 is 5.97 Å². The van der Waals surface area contributed by atoms with E-state index in [-0.39, 0.29) is 18.9 Å². The average Bonchev–Trinajstić information content (AvgIpc) is 3.18. The number of carboxylic acid groups (broad SMARTS) is 1. The molecule has 7 nitrogen and oxygen atoms in total. The molecule has 120 valence electrons. The third-order valence-corrected chi connectivity index (χ3v) is 4.09. The van der Waals surface area contributed by atoms with Gasteiger partial charge in [0.1, 0.15) is 5.52 Å². The lowest BCUT2D eigenvalue weighted by Crippen LogP contribution is -2.25. The Bertz CT molecular complexity index is 935. The number of nitrogens with zero attached hydrogens (tertiary/aromatic N) is 3. The van der Waals surface area contributed by atoms with Crippen LogP contribution < -0.4 is 4.90 Å². The highest BCUT2D eigenvalue weighted by Gasteiger charge is 2.35. The molecular formula is C17H13N3O4. The number of amides is 1. The summed E-state index contributed by atoms with van der Waals surface area (Å²) >= 11 is 0. The molecule has 3 aromatic rings. The van der Waals surface area contributed by atoms with E-state index in [4.69, 9.17) is 9.52 Å². The minimum Gasteiger partial charge on any atom is -0.481 e. The number of aliphatic carboxylic acids is 1. The molecule has 1 unspecified atom stereocenters. The molecule has 7 heteroatoms. The first kappa shape index (κ1) is 14.4. The summed E-state index contributed by atoms with van der Waals surface area (Å²) in [5.74, 6) is -1.35. The van der Waals surface area contributed by atoms with E-state index in [0.29, 0.717) is 22.7 Å². The van der Waals surface area contributed by atoms with E-state index in [2.05, 4.69) is 9.97 Å². The summed E-state index contributed by atoms with van der Waals surface area (Å²) in [5, 5.41) is 9.08. The maximum Gasteiger partial charge on any atom is 0.308 e. The van der Waals surface area contributed by atoms with Gasteiger partial charge in [-0.15, -0.1) is 0 Å². The number of carbonyl (C=O) groups excluding carboxylic acids is 1. The minimum atomic E-state index is -0.952. The van der Waals surface area contributed by atoms with Gasteiger partial charge in [0.25, 0.3) is 0 Å². The van der Waals surface area contributed by atoms with Gasteiger partial charge in [0.2, 0.25) is 11.8 Å². The first-order valence-electron chi connectivity index (χ1n) is 7.46. The lowest BCUT2D eigenvalue weighted by molar-refractivity contribution is -0.141. The van der Waals surface area contributed by atoms with Crippen molar-refractivity contribution in [2.45, 2.75) is 6.42 Å². The molecule has 0 bridgehead atoms. The van der Waals surface area contributed by atoms with Gasteiger partial charge < -0.3 is 14.4 Å². The lowest BCUT2D eigenvalue weighted by atomic mass is 10.1. The van der Waals surface area contributed by atoms with Crippen molar-refractivity contribution in [3.63, 3.8) is 0 Å². The highest BCUT2D eigenvalue weighted by molar-refractivity contribution is 6.00. The molecule has 1 N–H and O–H groups in total. The van der Waals surface area contributed by atoms with E-state index in [1.807, 2.05) is 0 Å². The largest absolute Gasteiger partial charge is 0.481 e. The van der Waals surface area contributed by atoms with Crippen LogP contribution in [0.3, 0.4) is 0 Å². The molecule has 0 aliphatic carbocycles. The highest BCUT2D eigenvalue weighted by atomic mass is 16.4. The molecule has 1 amide bonds. The summed E-state index contributed by atoms with van der Waals surface area (Å²) in [4.78, 5) is 33.0. The number of anilines is 1. The molecule has 1 fully saturated rings. The van der Waals surface area contributed by atoms with Crippen LogP contribution in [0.5, 0.6) is 0 Å². The zero-order valence-corrected chi connectivity index (χ0v) is 12.5. The standard InChI is InChI=1S/C17H13N3O4/c21-15-7-11(17(22)23)9-20(15)12-1-2-13-14(8-12)24-16(19-13)10-3-5-18-6-4-10/h1-6,8,11H,7,9H2,(H,22,23). The highest BCUT2D eigenvalue weighted by Crippen LogP contribution is 2.30. The molecule has 24 heavy (non-hydrogen) atoms. The van der Waals surface area contributed by atoms with Crippen LogP contribution in [-0.4, -0.2) is 33.5 Å². The minimum absolute atomic E-state index is 0.0199. The summed E-state index contributed by atoms with van der Waals surface area (Å²) in [5.41, 5.74) is 2.65. The van der Waals surface area contributed by atoms with E-state index in [9.17, 15) is 9.59 Å². The zero-order valence-electron chi connectivity index (χ0n) is 12.5. The van der Waals surface area contributed by atoms with Crippen molar-refractivity contribution in [1.82, 2.24) is 9.97 Å². The maximum absolute atomic E-state index is 12.1. The van der Waals surface area contributed by atoms with Crippen molar-refractivity contribution >= 4 is 28.7 Å². The number of oxazole rings is 1. The second-order valence-electron chi connectivity index (χ2n) is 5.65. The number of aromatic nitrogens is 2. The number of carboxylic acids is 1. The molecule has 2 aromatic heterocycles. The van der Waals surface area contributed by atoms with E-state index in [1.165, 1.54) is 4.90 Å². The molecule has 0 radical (unpaired) electrons. The van der Waals surface area contributed by atoms with Gasteiger partial charge in [0.05, 0.1) is 5.92 Å². The number of fused-ring (bicyclic) bond motifs is 1. The fraction of sp³-hybridized carbons (Fsp3) is 0.176.